The summed E-state index contributed by atoms with van der Waals surface area (Å²) in [5.41, 5.74) is 1.63. The van der Waals surface area contributed by atoms with Crippen molar-refractivity contribution in [1.82, 2.24) is 0 Å². The molecule has 1 aromatic carbocycles. The van der Waals surface area contributed by atoms with Crippen LogP contribution in [-0.2, 0) is 0 Å². The molecule has 3 heteroatoms. The van der Waals surface area contributed by atoms with Crippen LogP contribution in [0.1, 0.15) is 10.4 Å². The fourth-order valence-corrected chi connectivity index (χ4v) is 1.31. The molecule has 0 amide bonds. The standard InChI is InChI=1S/C9H9NO2/c1-12-6-2-3-7-8(4-6)10-5-9(7)11/h2-4,10H,5H2,1H3. The van der Waals surface area contributed by atoms with Gasteiger partial charge in [0.2, 0.25) is 0 Å². The highest BCUT2D eigenvalue weighted by molar-refractivity contribution is 6.08. The minimum absolute atomic E-state index is 0.146. The normalized spacial score (nSPS) is 13.9. The van der Waals surface area contributed by atoms with Crippen molar-refractivity contribution in [3.8, 4) is 5.75 Å². The number of ether oxygens (including phenoxy) is 1. The lowest BCUT2D eigenvalue weighted by molar-refractivity contribution is 0.101. The molecule has 0 saturated heterocycles. The van der Waals surface area contributed by atoms with Crippen molar-refractivity contribution >= 4 is 11.5 Å². The molecule has 62 valence electrons. The summed E-state index contributed by atoms with van der Waals surface area (Å²) in [4.78, 5) is 11.2. The number of fused-ring (bicyclic) bond motifs is 1. The number of hydrogen-bond acceptors (Lipinski definition) is 3. The number of anilines is 1. The SMILES string of the molecule is COc1ccc2c(c1)NCC2=O. The van der Waals surface area contributed by atoms with Crippen molar-refractivity contribution in [2.24, 2.45) is 0 Å². The Kier molecular flexibility index (Phi) is 1.50. The molecule has 1 aliphatic heterocycles. The van der Waals surface area contributed by atoms with Crippen molar-refractivity contribution in [3.05, 3.63) is 23.8 Å². The van der Waals surface area contributed by atoms with Gasteiger partial charge in [-0.2, -0.15) is 0 Å². The second-order valence-corrected chi connectivity index (χ2v) is 2.69. The third kappa shape index (κ3) is 0.942. The summed E-state index contributed by atoms with van der Waals surface area (Å²) in [5.74, 6) is 0.920. The molecule has 0 spiro atoms. The quantitative estimate of drug-likeness (QED) is 0.678. The third-order valence-corrected chi connectivity index (χ3v) is 1.97. The van der Waals surface area contributed by atoms with Crippen molar-refractivity contribution in [1.29, 1.82) is 0 Å². The predicted octanol–water partition coefficient (Wildman–Crippen LogP) is 1.30. The van der Waals surface area contributed by atoms with Crippen molar-refractivity contribution < 1.29 is 9.53 Å². The van der Waals surface area contributed by atoms with Gasteiger partial charge in [-0.15, -0.1) is 0 Å². The van der Waals surface area contributed by atoms with E-state index in [0.29, 0.717) is 6.54 Å². The summed E-state index contributed by atoms with van der Waals surface area (Å²) in [6, 6.07) is 5.42. The molecule has 0 radical (unpaired) electrons. The van der Waals surface area contributed by atoms with Gasteiger partial charge in [-0.25, -0.2) is 0 Å². The van der Waals surface area contributed by atoms with Crippen molar-refractivity contribution in [3.63, 3.8) is 0 Å². The van der Waals surface area contributed by atoms with E-state index in [1.54, 1.807) is 19.2 Å². The number of ketones is 1. The number of carbonyl (C=O) groups is 1. The molecule has 2 rings (SSSR count). The van der Waals surface area contributed by atoms with Gasteiger partial charge in [-0.3, -0.25) is 4.79 Å². The molecule has 1 aromatic rings. The zero-order valence-corrected chi connectivity index (χ0v) is 6.76. The minimum atomic E-state index is 0.146. The minimum Gasteiger partial charge on any atom is -0.497 e. The second kappa shape index (κ2) is 2.52. The van der Waals surface area contributed by atoms with E-state index in [1.165, 1.54) is 0 Å². The van der Waals surface area contributed by atoms with Crippen molar-refractivity contribution in [2.75, 3.05) is 19.0 Å². The van der Waals surface area contributed by atoms with Crippen LogP contribution in [0.4, 0.5) is 5.69 Å². The third-order valence-electron chi connectivity index (χ3n) is 1.97. The molecular weight excluding hydrogens is 154 g/mol. The Morgan fingerprint density at radius 3 is 3.08 bits per heavy atom. The molecule has 0 fully saturated rings. The zero-order chi connectivity index (χ0) is 8.55. The van der Waals surface area contributed by atoms with E-state index < -0.39 is 0 Å². The maximum atomic E-state index is 11.2. The van der Waals surface area contributed by atoms with E-state index in [0.717, 1.165) is 17.0 Å². The van der Waals surface area contributed by atoms with Crippen LogP contribution in [0, 0.1) is 0 Å². The van der Waals surface area contributed by atoms with Crippen LogP contribution in [0.25, 0.3) is 0 Å². The molecule has 3 nitrogen and oxygen atoms in total. The Morgan fingerprint density at radius 2 is 2.33 bits per heavy atom. The molecule has 1 N–H and O–H groups in total. The summed E-state index contributed by atoms with van der Waals surface area (Å²) >= 11 is 0. The maximum absolute atomic E-state index is 11.2. The summed E-state index contributed by atoms with van der Waals surface area (Å²) in [6.07, 6.45) is 0. The molecule has 12 heavy (non-hydrogen) atoms. The first-order chi connectivity index (χ1) is 5.81. The lowest BCUT2D eigenvalue weighted by atomic mass is 10.1. The van der Waals surface area contributed by atoms with Gasteiger partial charge in [0.05, 0.1) is 13.7 Å². The van der Waals surface area contributed by atoms with Gasteiger partial charge in [-0.1, -0.05) is 0 Å². The van der Waals surface area contributed by atoms with Crippen LogP contribution in [0.15, 0.2) is 18.2 Å². The second-order valence-electron chi connectivity index (χ2n) is 2.69. The summed E-state index contributed by atoms with van der Waals surface area (Å²) < 4.78 is 5.02. The number of hydrogen-bond donors (Lipinski definition) is 1. The van der Waals surface area contributed by atoms with Crippen LogP contribution in [0.5, 0.6) is 5.75 Å². The molecule has 0 bridgehead atoms. The van der Waals surface area contributed by atoms with E-state index in [2.05, 4.69) is 5.32 Å². The van der Waals surface area contributed by atoms with Gasteiger partial charge >= 0.3 is 0 Å². The van der Waals surface area contributed by atoms with E-state index in [1.807, 2.05) is 6.07 Å². The predicted molar refractivity (Wildman–Crippen MR) is 45.8 cm³/mol. The molecule has 0 saturated carbocycles. The molecule has 0 aliphatic carbocycles. The number of rotatable bonds is 1. The lowest BCUT2D eigenvalue weighted by Gasteiger charge is -2.01. The number of Topliss-reactive ketones (excluding diaryl/α,β-unsaturated/α-hetero) is 1. The molecule has 0 unspecified atom stereocenters. The zero-order valence-electron chi connectivity index (χ0n) is 6.76. The highest BCUT2D eigenvalue weighted by atomic mass is 16.5. The van der Waals surface area contributed by atoms with Crippen LogP contribution < -0.4 is 10.1 Å². The Bertz CT molecular complexity index is 333. The van der Waals surface area contributed by atoms with Crippen LogP contribution in [-0.4, -0.2) is 19.4 Å². The lowest BCUT2D eigenvalue weighted by Crippen LogP contribution is -2.00. The van der Waals surface area contributed by atoms with Gasteiger partial charge in [0.1, 0.15) is 5.75 Å². The van der Waals surface area contributed by atoms with E-state index in [9.17, 15) is 4.79 Å². The molecule has 1 aliphatic rings. The van der Waals surface area contributed by atoms with Gasteiger partial charge in [0.25, 0.3) is 0 Å². The Hall–Kier alpha value is -1.51. The first kappa shape index (κ1) is 7.16. The average molecular weight is 163 g/mol. The van der Waals surface area contributed by atoms with E-state index in [4.69, 9.17) is 4.74 Å². The Labute approximate surface area is 70.3 Å². The monoisotopic (exact) mass is 163 g/mol. The van der Waals surface area contributed by atoms with Crippen LogP contribution >= 0.6 is 0 Å². The van der Waals surface area contributed by atoms with Gasteiger partial charge in [-0.05, 0) is 12.1 Å². The average Bonchev–Trinajstić information content (AvgIpc) is 2.47. The summed E-state index contributed by atoms with van der Waals surface area (Å²) in [6.45, 7) is 0.405. The summed E-state index contributed by atoms with van der Waals surface area (Å²) in [7, 11) is 1.61. The van der Waals surface area contributed by atoms with Gasteiger partial charge in [0.15, 0.2) is 5.78 Å². The topological polar surface area (TPSA) is 38.3 Å². The highest BCUT2D eigenvalue weighted by Crippen LogP contribution is 2.26. The summed E-state index contributed by atoms with van der Waals surface area (Å²) in [5, 5.41) is 3.00. The maximum Gasteiger partial charge on any atom is 0.183 e. The Balaban J connectivity index is 2.48. The fourth-order valence-electron chi connectivity index (χ4n) is 1.31. The van der Waals surface area contributed by atoms with E-state index in [-0.39, 0.29) is 5.78 Å². The molecular formula is C9H9NO2. The van der Waals surface area contributed by atoms with Crippen LogP contribution in [0.3, 0.4) is 0 Å². The number of nitrogens with one attached hydrogen (secondary N) is 1. The molecule has 0 aromatic heterocycles. The van der Waals surface area contributed by atoms with E-state index >= 15 is 0 Å². The number of carbonyl (C=O) groups excluding carboxylic acids is 1. The number of benzene rings is 1. The Morgan fingerprint density at radius 1 is 1.50 bits per heavy atom. The van der Waals surface area contributed by atoms with Gasteiger partial charge in [0, 0.05) is 17.3 Å². The molecule has 1 heterocycles. The fraction of sp³-hybridized carbons (Fsp3) is 0.222. The van der Waals surface area contributed by atoms with Crippen LogP contribution in [0.2, 0.25) is 0 Å². The molecule has 0 atom stereocenters. The van der Waals surface area contributed by atoms with Crippen molar-refractivity contribution in [2.45, 2.75) is 0 Å². The first-order valence-corrected chi connectivity index (χ1v) is 3.76. The largest absolute Gasteiger partial charge is 0.497 e. The van der Waals surface area contributed by atoms with Gasteiger partial charge < -0.3 is 10.1 Å². The smallest absolute Gasteiger partial charge is 0.183 e. The number of methoxy groups -OCH3 is 1. The highest BCUT2D eigenvalue weighted by Gasteiger charge is 2.18. The first-order valence-electron chi connectivity index (χ1n) is 3.76.